The Balaban J connectivity index is 1.86. The van der Waals surface area contributed by atoms with Gasteiger partial charge in [-0.05, 0) is 39.7 Å². The Morgan fingerprint density at radius 2 is 2.15 bits per heavy atom. The second kappa shape index (κ2) is 4.77. The summed E-state index contributed by atoms with van der Waals surface area (Å²) < 4.78 is 4.02. The van der Waals surface area contributed by atoms with Crippen molar-refractivity contribution in [3.63, 3.8) is 0 Å². The summed E-state index contributed by atoms with van der Waals surface area (Å²) in [6, 6.07) is 0.624. The molecule has 1 unspecified atom stereocenters. The molecule has 0 aromatic carbocycles. The summed E-state index contributed by atoms with van der Waals surface area (Å²) in [7, 11) is 1.96. The minimum Gasteiger partial charge on any atom is -0.369 e. The number of nitrogens with two attached hydrogens (primary N) is 1. The minimum absolute atomic E-state index is 0.610. The summed E-state index contributed by atoms with van der Waals surface area (Å²) in [6.45, 7) is 9.77. The molecule has 6 heteroatoms. The van der Waals surface area contributed by atoms with Gasteiger partial charge in [-0.2, -0.15) is 5.10 Å². The van der Waals surface area contributed by atoms with E-state index in [9.17, 15) is 0 Å². The Morgan fingerprint density at radius 1 is 1.40 bits per heavy atom. The number of likely N-dealkylation sites (tertiary alicyclic amines) is 1. The van der Waals surface area contributed by atoms with Crippen molar-refractivity contribution in [2.45, 2.75) is 39.8 Å². The maximum atomic E-state index is 6.11. The molecule has 1 aliphatic rings. The first-order valence-corrected chi connectivity index (χ1v) is 7.36. The molecule has 0 spiro atoms. The van der Waals surface area contributed by atoms with Crippen molar-refractivity contribution in [2.75, 3.05) is 18.8 Å². The third-order valence-electron chi connectivity index (χ3n) is 4.41. The number of rotatable bonds is 3. The molecule has 2 N–H and O–H groups in total. The second-order valence-corrected chi connectivity index (χ2v) is 6.21. The zero-order chi connectivity index (χ0) is 14.4. The van der Waals surface area contributed by atoms with Crippen LogP contribution in [0, 0.1) is 12.8 Å². The van der Waals surface area contributed by atoms with Crippen molar-refractivity contribution in [2.24, 2.45) is 13.0 Å². The monoisotopic (exact) mass is 276 g/mol. The molecule has 0 aliphatic carbocycles. The van der Waals surface area contributed by atoms with Crippen molar-refractivity contribution in [1.29, 1.82) is 0 Å². The highest BCUT2D eigenvalue weighted by atomic mass is 15.3. The van der Waals surface area contributed by atoms with E-state index < -0.39 is 0 Å². The average molecular weight is 276 g/mol. The first-order chi connectivity index (χ1) is 9.47. The van der Waals surface area contributed by atoms with Crippen LogP contribution in [0.15, 0.2) is 0 Å². The number of aromatic nitrogens is 4. The van der Waals surface area contributed by atoms with E-state index in [0.29, 0.717) is 17.9 Å². The van der Waals surface area contributed by atoms with Gasteiger partial charge in [0, 0.05) is 26.2 Å². The van der Waals surface area contributed by atoms with Gasteiger partial charge in [-0.15, -0.1) is 0 Å². The predicted octanol–water partition coefficient (Wildman–Crippen LogP) is 1.39. The van der Waals surface area contributed by atoms with Crippen LogP contribution < -0.4 is 5.73 Å². The standard InChI is InChI=1S/C14H24N6/c1-9(2)19-6-5-11(7-19)8-20-13-12(16-14(20)15)10(3)17-18(13)4/h9,11H,5-8H2,1-4H3,(H2,15,16). The van der Waals surface area contributed by atoms with Crippen LogP contribution in [0.1, 0.15) is 26.0 Å². The van der Waals surface area contributed by atoms with Crippen LogP contribution in [0.2, 0.25) is 0 Å². The number of anilines is 1. The van der Waals surface area contributed by atoms with Crippen LogP contribution in [0.5, 0.6) is 0 Å². The highest BCUT2D eigenvalue weighted by Crippen LogP contribution is 2.25. The zero-order valence-electron chi connectivity index (χ0n) is 12.8. The van der Waals surface area contributed by atoms with Crippen molar-refractivity contribution >= 4 is 17.1 Å². The van der Waals surface area contributed by atoms with Gasteiger partial charge in [-0.3, -0.25) is 9.25 Å². The number of nitrogens with zero attached hydrogens (tertiary/aromatic N) is 5. The zero-order valence-corrected chi connectivity index (χ0v) is 12.8. The van der Waals surface area contributed by atoms with Gasteiger partial charge in [-0.1, -0.05) is 0 Å². The largest absolute Gasteiger partial charge is 0.369 e. The van der Waals surface area contributed by atoms with Gasteiger partial charge < -0.3 is 10.6 Å². The highest BCUT2D eigenvalue weighted by molar-refractivity contribution is 5.77. The van der Waals surface area contributed by atoms with Crippen LogP contribution in [0.4, 0.5) is 5.95 Å². The molecule has 1 saturated heterocycles. The topological polar surface area (TPSA) is 64.9 Å². The van der Waals surface area contributed by atoms with E-state index in [4.69, 9.17) is 5.73 Å². The first kappa shape index (κ1) is 13.4. The fourth-order valence-electron chi connectivity index (χ4n) is 3.27. The number of hydrogen-bond acceptors (Lipinski definition) is 4. The summed E-state index contributed by atoms with van der Waals surface area (Å²) in [6.07, 6.45) is 1.23. The maximum Gasteiger partial charge on any atom is 0.202 e. The lowest BCUT2D eigenvalue weighted by molar-refractivity contribution is 0.261. The molecule has 6 nitrogen and oxygen atoms in total. The van der Waals surface area contributed by atoms with Crippen LogP contribution in [-0.4, -0.2) is 43.4 Å². The molecule has 0 bridgehead atoms. The Bertz CT molecular complexity index is 623. The fraction of sp³-hybridized carbons (Fsp3) is 0.714. The summed E-state index contributed by atoms with van der Waals surface area (Å²) >= 11 is 0. The summed E-state index contributed by atoms with van der Waals surface area (Å²) in [4.78, 5) is 7.00. The second-order valence-electron chi connectivity index (χ2n) is 6.21. The smallest absolute Gasteiger partial charge is 0.202 e. The van der Waals surface area contributed by atoms with E-state index in [-0.39, 0.29) is 0 Å². The van der Waals surface area contributed by atoms with Gasteiger partial charge in [0.05, 0.1) is 5.69 Å². The molecule has 3 heterocycles. The molecular formula is C14H24N6. The fourth-order valence-corrected chi connectivity index (χ4v) is 3.27. The Labute approximate surface area is 119 Å². The Kier molecular flexibility index (Phi) is 3.20. The number of hydrogen-bond donors (Lipinski definition) is 1. The lowest BCUT2D eigenvalue weighted by atomic mass is 10.1. The molecule has 2 aromatic rings. The Morgan fingerprint density at radius 3 is 2.80 bits per heavy atom. The lowest BCUT2D eigenvalue weighted by Crippen LogP contribution is -2.29. The van der Waals surface area contributed by atoms with Gasteiger partial charge >= 0.3 is 0 Å². The third-order valence-corrected chi connectivity index (χ3v) is 4.41. The minimum atomic E-state index is 0.610. The van der Waals surface area contributed by atoms with Crippen LogP contribution in [-0.2, 0) is 13.6 Å². The molecule has 0 radical (unpaired) electrons. The molecule has 1 aliphatic heterocycles. The number of aryl methyl sites for hydroxylation is 2. The lowest BCUT2D eigenvalue weighted by Gasteiger charge is -2.20. The summed E-state index contributed by atoms with van der Waals surface area (Å²) in [5.41, 5.74) is 9.03. The molecule has 2 aromatic heterocycles. The Hall–Kier alpha value is -1.56. The van der Waals surface area contributed by atoms with Gasteiger partial charge in [0.1, 0.15) is 5.52 Å². The van der Waals surface area contributed by atoms with Crippen molar-refractivity contribution < 1.29 is 0 Å². The summed E-state index contributed by atoms with van der Waals surface area (Å²) in [5, 5.41) is 4.44. The van der Waals surface area contributed by atoms with Crippen molar-refractivity contribution in [3.05, 3.63) is 5.69 Å². The summed E-state index contributed by atoms with van der Waals surface area (Å²) in [5.74, 6) is 1.26. The van der Waals surface area contributed by atoms with E-state index in [1.165, 1.54) is 13.0 Å². The van der Waals surface area contributed by atoms with E-state index in [1.807, 2.05) is 18.7 Å². The maximum absolute atomic E-state index is 6.11. The van der Waals surface area contributed by atoms with Crippen molar-refractivity contribution in [3.8, 4) is 0 Å². The SMILES string of the molecule is Cc1nn(C)c2c1nc(N)n2CC1CCN(C(C)C)C1. The van der Waals surface area contributed by atoms with Gasteiger partial charge in [-0.25, -0.2) is 4.98 Å². The molecule has 0 saturated carbocycles. The van der Waals surface area contributed by atoms with Gasteiger partial charge in [0.25, 0.3) is 0 Å². The highest BCUT2D eigenvalue weighted by Gasteiger charge is 2.26. The van der Waals surface area contributed by atoms with Crippen LogP contribution in [0.25, 0.3) is 11.2 Å². The molecule has 1 atom stereocenters. The third kappa shape index (κ3) is 2.08. The average Bonchev–Trinajstić information content (AvgIpc) is 3.01. The van der Waals surface area contributed by atoms with Crippen LogP contribution in [0.3, 0.4) is 0 Å². The molecule has 0 amide bonds. The van der Waals surface area contributed by atoms with Crippen LogP contribution >= 0.6 is 0 Å². The van der Waals surface area contributed by atoms with E-state index in [0.717, 1.165) is 29.9 Å². The molecule has 1 fully saturated rings. The quantitative estimate of drug-likeness (QED) is 0.920. The predicted molar refractivity (Wildman–Crippen MR) is 80.5 cm³/mol. The van der Waals surface area contributed by atoms with Gasteiger partial charge in [0.2, 0.25) is 5.95 Å². The molecule has 3 rings (SSSR count). The number of imidazole rings is 1. The number of fused-ring (bicyclic) bond motifs is 1. The first-order valence-electron chi connectivity index (χ1n) is 7.36. The van der Waals surface area contributed by atoms with E-state index in [1.54, 1.807) is 0 Å². The normalized spacial score (nSPS) is 20.6. The number of nitrogen functional groups attached to an aromatic ring is 1. The van der Waals surface area contributed by atoms with Gasteiger partial charge in [0.15, 0.2) is 5.65 Å². The molecule has 110 valence electrons. The van der Waals surface area contributed by atoms with Crippen molar-refractivity contribution in [1.82, 2.24) is 24.2 Å². The molecular weight excluding hydrogens is 252 g/mol. The van der Waals surface area contributed by atoms with E-state index in [2.05, 4.69) is 33.4 Å². The molecule has 20 heavy (non-hydrogen) atoms. The van der Waals surface area contributed by atoms with E-state index >= 15 is 0 Å².